The first-order valence-corrected chi connectivity index (χ1v) is 5.80. The van der Waals surface area contributed by atoms with Gasteiger partial charge < -0.3 is 5.11 Å². The maximum Gasteiger partial charge on any atom is 0.310 e. The van der Waals surface area contributed by atoms with Crippen LogP contribution in [-0.2, 0) is 11.3 Å². The van der Waals surface area contributed by atoms with E-state index in [9.17, 15) is 13.6 Å². The molecule has 18 heavy (non-hydrogen) atoms. The van der Waals surface area contributed by atoms with Crippen LogP contribution in [0.1, 0.15) is 18.9 Å². The summed E-state index contributed by atoms with van der Waals surface area (Å²) in [5.41, 5.74) is -0.520. The van der Waals surface area contributed by atoms with Crippen LogP contribution in [-0.4, -0.2) is 29.1 Å². The van der Waals surface area contributed by atoms with E-state index in [0.717, 1.165) is 18.2 Å². The van der Waals surface area contributed by atoms with Gasteiger partial charge in [0.2, 0.25) is 0 Å². The van der Waals surface area contributed by atoms with Crippen LogP contribution in [0.25, 0.3) is 0 Å². The lowest BCUT2D eigenvalue weighted by Crippen LogP contribution is -2.31. The third kappa shape index (κ3) is 2.51. The van der Waals surface area contributed by atoms with E-state index in [2.05, 4.69) is 0 Å². The molecule has 3 nitrogen and oxygen atoms in total. The van der Waals surface area contributed by atoms with Gasteiger partial charge in [0.25, 0.3) is 0 Å². The molecule has 0 bridgehead atoms. The van der Waals surface area contributed by atoms with Crippen molar-refractivity contribution < 1.29 is 18.7 Å². The van der Waals surface area contributed by atoms with Crippen molar-refractivity contribution in [1.29, 1.82) is 0 Å². The summed E-state index contributed by atoms with van der Waals surface area (Å²) in [4.78, 5) is 12.9. The molecule has 1 heterocycles. The Morgan fingerprint density at radius 1 is 1.50 bits per heavy atom. The smallest absolute Gasteiger partial charge is 0.310 e. The number of halogens is 2. The van der Waals surface area contributed by atoms with Gasteiger partial charge in [0, 0.05) is 18.7 Å². The Bertz CT molecular complexity index is 478. The largest absolute Gasteiger partial charge is 0.481 e. The Kier molecular flexibility index (Phi) is 3.34. The van der Waals surface area contributed by atoms with Gasteiger partial charge in [0.15, 0.2) is 0 Å². The Morgan fingerprint density at radius 2 is 2.22 bits per heavy atom. The Morgan fingerprint density at radius 3 is 2.83 bits per heavy atom. The Hall–Kier alpha value is -1.49. The van der Waals surface area contributed by atoms with E-state index in [4.69, 9.17) is 5.11 Å². The zero-order valence-electron chi connectivity index (χ0n) is 10.1. The number of hydrogen-bond acceptors (Lipinski definition) is 2. The highest BCUT2D eigenvalue weighted by Gasteiger charge is 2.40. The minimum atomic E-state index is -0.843. The number of benzene rings is 1. The summed E-state index contributed by atoms with van der Waals surface area (Å²) in [6, 6.07) is 3.33. The van der Waals surface area contributed by atoms with E-state index in [1.165, 1.54) is 0 Å². The van der Waals surface area contributed by atoms with Crippen LogP contribution >= 0.6 is 0 Å². The van der Waals surface area contributed by atoms with E-state index < -0.39 is 23.0 Å². The van der Waals surface area contributed by atoms with E-state index in [0.29, 0.717) is 19.5 Å². The summed E-state index contributed by atoms with van der Waals surface area (Å²) in [6.45, 7) is 2.86. The number of likely N-dealkylation sites (tertiary alicyclic amines) is 1. The van der Waals surface area contributed by atoms with Crippen molar-refractivity contribution in [3.63, 3.8) is 0 Å². The number of carboxylic acid groups (broad SMARTS) is 1. The van der Waals surface area contributed by atoms with Crippen molar-refractivity contribution in [3.05, 3.63) is 35.4 Å². The normalized spacial score (nSPS) is 24.4. The van der Waals surface area contributed by atoms with Crippen LogP contribution in [0.2, 0.25) is 0 Å². The van der Waals surface area contributed by atoms with Crippen molar-refractivity contribution in [2.45, 2.75) is 19.9 Å². The molecule has 5 heteroatoms. The van der Waals surface area contributed by atoms with Crippen LogP contribution in [0, 0.1) is 17.0 Å². The summed E-state index contributed by atoms with van der Waals surface area (Å²) < 4.78 is 26.5. The van der Waals surface area contributed by atoms with Gasteiger partial charge in [-0.15, -0.1) is 0 Å². The van der Waals surface area contributed by atoms with Crippen LogP contribution in [0.4, 0.5) is 8.78 Å². The summed E-state index contributed by atoms with van der Waals surface area (Å²) >= 11 is 0. The minimum Gasteiger partial charge on any atom is -0.481 e. The van der Waals surface area contributed by atoms with Gasteiger partial charge in [-0.25, -0.2) is 8.78 Å². The standard InChI is InChI=1S/C13H15F2NO2/c1-13(12(17)18)4-5-16(8-13)7-9-6-10(14)2-3-11(9)15/h2-3,6H,4-5,7-8H2,1H3,(H,17,18). The molecule has 1 fully saturated rings. The highest BCUT2D eigenvalue weighted by molar-refractivity contribution is 5.74. The minimum absolute atomic E-state index is 0.243. The number of carbonyl (C=O) groups is 1. The molecule has 0 spiro atoms. The average molecular weight is 255 g/mol. The van der Waals surface area contributed by atoms with Gasteiger partial charge in [-0.05, 0) is 38.1 Å². The molecule has 0 radical (unpaired) electrons. The Balaban J connectivity index is 2.08. The van der Waals surface area contributed by atoms with Crippen LogP contribution in [0.5, 0.6) is 0 Å². The number of nitrogens with zero attached hydrogens (tertiary/aromatic N) is 1. The maximum absolute atomic E-state index is 13.5. The van der Waals surface area contributed by atoms with Gasteiger partial charge in [0.1, 0.15) is 11.6 Å². The summed E-state index contributed by atoms with van der Waals surface area (Å²) in [7, 11) is 0. The van der Waals surface area contributed by atoms with Gasteiger partial charge in [-0.1, -0.05) is 0 Å². The molecule has 1 N–H and O–H groups in total. The van der Waals surface area contributed by atoms with Crippen molar-refractivity contribution in [2.75, 3.05) is 13.1 Å². The number of rotatable bonds is 3. The zero-order valence-corrected chi connectivity index (χ0v) is 10.1. The molecule has 1 atom stereocenters. The third-order valence-electron chi connectivity index (χ3n) is 3.47. The second-order valence-corrected chi connectivity index (χ2v) is 5.06. The van der Waals surface area contributed by atoms with E-state index in [-0.39, 0.29) is 12.1 Å². The number of aliphatic carboxylic acids is 1. The summed E-state index contributed by atoms with van der Waals surface area (Å²) in [5, 5.41) is 9.09. The molecular weight excluding hydrogens is 240 g/mol. The molecule has 0 aliphatic carbocycles. The molecule has 1 saturated heterocycles. The summed E-state index contributed by atoms with van der Waals surface area (Å²) in [6.07, 6.45) is 0.527. The van der Waals surface area contributed by atoms with Crippen molar-refractivity contribution in [2.24, 2.45) is 5.41 Å². The van der Waals surface area contributed by atoms with Crippen LogP contribution in [0.3, 0.4) is 0 Å². The predicted molar refractivity (Wildman–Crippen MR) is 62.0 cm³/mol. The quantitative estimate of drug-likeness (QED) is 0.900. The molecule has 1 aliphatic rings. The SMILES string of the molecule is CC1(C(=O)O)CCN(Cc2cc(F)ccc2F)C1. The van der Waals surface area contributed by atoms with Gasteiger partial charge in [0.05, 0.1) is 5.41 Å². The summed E-state index contributed by atoms with van der Waals surface area (Å²) in [5.74, 6) is -1.78. The van der Waals surface area contributed by atoms with Crippen molar-refractivity contribution >= 4 is 5.97 Å². The van der Waals surface area contributed by atoms with E-state index >= 15 is 0 Å². The highest BCUT2D eigenvalue weighted by Crippen LogP contribution is 2.31. The fourth-order valence-corrected chi connectivity index (χ4v) is 2.27. The van der Waals surface area contributed by atoms with Crippen LogP contribution < -0.4 is 0 Å². The highest BCUT2D eigenvalue weighted by atomic mass is 19.1. The lowest BCUT2D eigenvalue weighted by atomic mass is 9.90. The second-order valence-electron chi connectivity index (χ2n) is 5.06. The topological polar surface area (TPSA) is 40.5 Å². The molecule has 1 aliphatic heterocycles. The van der Waals surface area contributed by atoms with Gasteiger partial charge in [-0.3, -0.25) is 9.69 Å². The first-order valence-electron chi connectivity index (χ1n) is 5.80. The fraction of sp³-hybridized carbons (Fsp3) is 0.462. The lowest BCUT2D eigenvalue weighted by molar-refractivity contribution is -0.147. The van der Waals surface area contributed by atoms with Crippen molar-refractivity contribution in [3.8, 4) is 0 Å². The van der Waals surface area contributed by atoms with E-state index in [1.807, 2.05) is 4.90 Å². The molecule has 0 aromatic heterocycles. The predicted octanol–water partition coefficient (Wildman–Crippen LogP) is 2.26. The molecule has 0 saturated carbocycles. The molecule has 2 rings (SSSR count). The van der Waals surface area contributed by atoms with E-state index in [1.54, 1.807) is 6.92 Å². The maximum atomic E-state index is 13.5. The van der Waals surface area contributed by atoms with Crippen LogP contribution in [0.15, 0.2) is 18.2 Å². The number of carboxylic acids is 1. The lowest BCUT2D eigenvalue weighted by Gasteiger charge is -2.20. The molecule has 1 aromatic rings. The zero-order chi connectivity index (χ0) is 13.3. The first-order chi connectivity index (χ1) is 8.40. The van der Waals surface area contributed by atoms with Crippen molar-refractivity contribution in [1.82, 2.24) is 4.90 Å². The number of hydrogen-bond donors (Lipinski definition) is 1. The third-order valence-corrected chi connectivity index (χ3v) is 3.47. The van der Waals surface area contributed by atoms with Gasteiger partial charge in [-0.2, -0.15) is 0 Å². The molecule has 98 valence electrons. The first kappa shape index (κ1) is 13.0. The molecular formula is C13H15F2NO2. The second kappa shape index (κ2) is 4.65. The molecule has 1 unspecified atom stereocenters. The average Bonchev–Trinajstić information content (AvgIpc) is 2.67. The monoisotopic (exact) mass is 255 g/mol. The fourth-order valence-electron chi connectivity index (χ4n) is 2.27. The molecule has 1 aromatic carbocycles. The van der Waals surface area contributed by atoms with Gasteiger partial charge >= 0.3 is 5.97 Å². The Labute approximate surface area is 104 Å². The molecule has 0 amide bonds.